The van der Waals surface area contributed by atoms with Crippen molar-refractivity contribution in [1.29, 1.82) is 0 Å². The first-order chi connectivity index (χ1) is 18.7. The maximum Gasteiger partial charge on any atom is 0.253 e. The number of aryl methyl sites for hydroxylation is 2. The van der Waals surface area contributed by atoms with Crippen molar-refractivity contribution in [3.8, 4) is 5.75 Å². The molecule has 0 unspecified atom stereocenters. The quantitative estimate of drug-likeness (QED) is 0.293. The second-order valence-corrected chi connectivity index (χ2v) is 10.9. The van der Waals surface area contributed by atoms with Crippen LogP contribution in [0.5, 0.6) is 5.75 Å². The van der Waals surface area contributed by atoms with Crippen molar-refractivity contribution in [2.24, 2.45) is 0 Å². The van der Waals surface area contributed by atoms with Crippen LogP contribution >= 0.6 is 0 Å². The van der Waals surface area contributed by atoms with Gasteiger partial charge >= 0.3 is 0 Å². The summed E-state index contributed by atoms with van der Waals surface area (Å²) in [4.78, 5) is 19.2. The summed E-state index contributed by atoms with van der Waals surface area (Å²) in [5.41, 5.74) is 4.03. The fourth-order valence-corrected chi connectivity index (χ4v) is 4.89. The van der Waals surface area contributed by atoms with Crippen LogP contribution in [-0.2, 0) is 18.6 Å². The molecule has 202 valence electrons. The lowest BCUT2D eigenvalue weighted by Crippen LogP contribution is -2.37. The lowest BCUT2D eigenvalue weighted by atomic mass is 9.99. The van der Waals surface area contributed by atoms with Gasteiger partial charge in [0.15, 0.2) is 5.82 Å². The van der Waals surface area contributed by atoms with Crippen LogP contribution < -0.4 is 10.3 Å². The van der Waals surface area contributed by atoms with E-state index in [1.165, 1.54) is 0 Å². The average molecular weight is 527 g/mol. The van der Waals surface area contributed by atoms with E-state index in [4.69, 9.17) is 9.15 Å². The van der Waals surface area contributed by atoms with Crippen LogP contribution in [-0.4, -0.2) is 37.2 Å². The molecule has 9 heteroatoms. The lowest BCUT2D eigenvalue weighted by Gasteiger charge is -2.32. The van der Waals surface area contributed by atoms with E-state index in [-0.39, 0.29) is 5.56 Å². The zero-order valence-corrected chi connectivity index (χ0v) is 23.2. The number of H-pyrrole nitrogens is 1. The van der Waals surface area contributed by atoms with Gasteiger partial charge in [0, 0.05) is 12.1 Å². The maximum absolute atomic E-state index is 13.8. The van der Waals surface area contributed by atoms with E-state index in [2.05, 4.69) is 31.5 Å². The molecular formula is C30H34N6O3. The number of pyridine rings is 1. The summed E-state index contributed by atoms with van der Waals surface area (Å²) in [5, 5.41) is 13.8. The summed E-state index contributed by atoms with van der Waals surface area (Å²) in [6, 6.07) is 17.2. The Labute approximate surface area is 227 Å². The Morgan fingerprint density at radius 1 is 1.08 bits per heavy atom. The number of nitrogens with zero attached hydrogens (tertiary/aromatic N) is 5. The van der Waals surface area contributed by atoms with Crippen molar-refractivity contribution in [1.82, 2.24) is 30.1 Å². The fourth-order valence-electron chi connectivity index (χ4n) is 4.89. The average Bonchev–Trinajstić information content (AvgIpc) is 3.60. The van der Waals surface area contributed by atoms with Crippen molar-refractivity contribution < 1.29 is 9.15 Å². The predicted molar refractivity (Wildman–Crippen MR) is 150 cm³/mol. The number of nitrogens with one attached hydrogen (secondary N) is 1. The van der Waals surface area contributed by atoms with Gasteiger partial charge in [-0.2, -0.15) is 0 Å². The molecule has 1 atom stereocenters. The fraction of sp³-hybridized carbons (Fsp3) is 0.333. The van der Waals surface area contributed by atoms with E-state index in [1.807, 2.05) is 83.1 Å². The van der Waals surface area contributed by atoms with Crippen LogP contribution in [0.25, 0.3) is 10.9 Å². The minimum atomic E-state index is -0.568. The minimum absolute atomic E-state index is 0.177. The monoisotopic (exact) mass is 526 g/mol. The second-order valence-electron chi connectivity index (χ2n) is 10.9. The molecule has 2 aromatic carbocycles. The number of aromatic amines is 1. The number of aromatic nitrogens is 5. The van der Waals surface area contributed by atoms with E-state index >= 15 is 0 Å². The van der Waals surface area contributed by atoms with Gasteiger partial charge in [0.05, 0.1) is 31.0 Å². The predicted octanol–water partition coefficient (Wildman–Crippen LogP) is 5.28. The highest BCUT2D eigenvalue weighted by molar-refractivity contribution is 5.83. The Morgan fingerprint density at radius 2 is 1.85 bits per heavy atom. The molecule has 0 aliphatic rings. The molecule has 0 aliphatic heterocycles. The smallest absolute Gasteiger partial charge is 0.253 e. The van der Waals surface area contributed by atoms with Crippen molar-refractivity contribution in [2.75, 3.05) is 7.11 Å². The number of hydrogen-bond acceptors (Lipinski definition) is 7. The molecule has 0 saturated heterocycles. The van der Waals surface area contributed by atoms with Gasteiger partial charge in [-0.25, -0.2) is 4.68 Å². The SMILES string of the molecule is COc1ccc(CN(Cc2ccco2)[C@H](c2cc3ccc(C)c(C)c3[nH]c2=O)c2nnnn2C(C)(C)C)cc1. The van der Waals surface area contributed by atoms with Crippen LogP contribution in [0, 0.1) is 13.8 Å². The molecule has 0 saturated carbocycles. The second kappa shape index (κ2) is 10.5. The topological polar surface area (TPSA) is 102 Å². The molecule has 3 aromatic heterocycles. The Hall–Kier alpha value is -4.24. The third-order valence-electron chi connectivity index (χ3n) is 7.10. The summed E-state index contributed by atoms with van der Waals surface area (Å²) < 4.78 is 12.9. The van der Waals surface area contributed by atoms with Crippen molar-refractivity contribution >= 4 is 10.9 Å². The molecule has 9 nitrogen and oxygen atoms in total. The van der Waals surface area contributed by atoms with Crippen LogP contribution in [0.4, 0.5) is 0 Å². The molecule has 0 spiro atoms. The van der Waals surface area contributed by atoms with Crippen LogP contribution in [0.3, 0.4) is 0 Å². The molecule has 39 heavy (non-hydrogen) atoms. The number of methoxy groups -OCH3 is 1. The Bertz CT molecular complexity index is 1630. The van der Waals surface area contributed by atoms with Gasteiger partial charge in [0.25, 0.3) is 5.56 Å². The molecule has 0 fully saturated rings. The van der Waals surface area contributed by atoms with E-state index in [0.29, 0.717) is 24.5 Å². The number of hydrogen-bond donors (Lipinski definition) is 1. The number of fused-ring (bicyclic) bond motifs is 1. The van der Waals surface area contributed by atoms with E-state index in [1.54, 1.807) is 18.1 Å². The van der Waals surface area contributed by atoms with E-state index in [9.17, 15) is 4.79 Å². The van der Waals surface area contributed by atoms with Crippen molar-refractivity contribution in [3.05, 3.63) is 105 Å². The van der Waals surface area contributed by atoms with Gasteiger partial charge in [-0.05, 0) is 97.5 Å². The maximum atomic E-state index is 13.8. The highest BCUT2D eigenvalue weighted by Crippen LogP contribution is 2.33. The minimum Gasteiger partial charge on any atom is -0.497 e. The van der Waals surface area contributed by atoms with E-state index < -0.39 is 11.6 Å². The summed E-state index contributed by atoms with van der Waals surface area (Å²) in [6.45, 7) is 11.1. The molecule has 5 aromatic rings. The number of tetrazole rings is 1. The summed E-state index contributed by atoms with van der Waals surface area (Å²) >= 11 is 0. The largest absolute Gasteiger partial charge is 0.497 e. The number of rotatable bonds is 8. The molecule has 0 bridgehead atoms. The first kappa shape index (κ1) is 26.4. The van der Waals surface area contributed by atoms with Gasteiger partial charge in [-0.1, -0.05) is 24.3 Å². The van der Waals surface area contributed by atoms with Crippen LogP contribution in [0.15, 0.2) is 70.1 Å². The Balaban J connectivity index is 1.72. The molecule has 0 aliphatic carbocycles. The van der Waals surface area contributed by atoms with Crippen molar-refractivity contribution in [3.63, 3.8) is 0 Å². The summed E-state index contributed by atoms with van der Waals surface area (Å²) in [7, 11) is 1.65. The number of furan rings is 1. The zero-order valence-electron chi connectivity index (χ0n) is 23.2. The molecule has 3 heterocycles. The molecule has 5 rings (SSSR count). The summed E-state index contributed by atoms with van der Waals surface area (Å²) in [5.74, 6) is 2.13. The highest BCUT2D eigenvalue weighted by Gasteiger charge is 2.34. The zero-order chi connectivity index (χ0) is 27.7. The third-order valence-corrected chi connectivity index (χ3v) is 7.10. The van der Waals surface area contributed by atoms with Gasteiger partial charge in [-0.15, -0.1) is 5.10 Å². The summed E-state index contributed by atoms with van der Waals surface area (Å²) in [6.07, 6.45) is 1.66. The number of benzene rings is 2. The third kappa shape index (κ3) is 5.35. The van der Waals surface area contributed by atoms with Gasteiger partial charge in [0.2, 0.25) is 0 Å². The van der Waals surface area contributed by atoms with Gasteiger partial charge in [-0.3, -0.25) is 9.69 Å². The Morgan fingerprint density at radius 3 is 2.51 bits per heavy atom. The van der Waals surface area contributed by atoms with Crippen LogP contribution in [0.2, 0.25) is 0 Å². The molecule has 0 radical (unpaired) electrons. The molecule has 0 amide bonds. The highest BCUT2D eigenvalue weighted by atomic mass is 16.5. The molecular weight excluding hydrogens is 492 g/mol. The number of ether oxygens (including phenoxy) is 1. The van der Waals surface area contributed by atoms with Crippen LogP contribution in [0.1, 0.15) is 60.7 Å². The first-order valence-electron chi connectivity index (χ1n) is 13.0. The standard InChI is InChI=1S/C30H34N6O3/c1-19-9-12-22-16-25(29(37)31-26(22)20(19)2)27(28-32-33-34-36(28)30(3,4)5)35(18-24-8-7-15-39-24)17-21-10-13-23(38-6)14-11-21/h7-16,27H,17-18H2,1-6H3,(H,31,37)/t27-/m1/s1. The first-order valence-corrected chi connectivity index (χ1v) is 13.0. The Kier molecular flexibility index (Phi) is 7.10. The van der Waals surface area contributed by atoms with E-state index in [0.717, 1.165) is 39.1 Å². The van der Waals surface area contributed by atoms with Gasteiger partial charge < -0.3 is 14.1 Å². The van der Waals surface area contributed by atoms with Crippen molar-refractivity contribution in [2.45, 2.75) is 59.3 Å². The molecule has 1 N–H and O–H groups in total. The normalized spacial score (nSPS) is 12.8. The van der Waals surface area contributed by atoms with Gasteiger partial charge in [0.1, 0.15) is 17.6 Å². The lowest BCUT2D eigenvalue weighted by molar-refractivity contribution is 0.171.